The van der Waals surface area contributed by atoms with E-state index in [9.17, 15) is 0 Å². The van der Waals surface area contributed by atoms with Crippen LogP contribution in [0.5, 0.6) is 0 Å². The highest BCUT2D eigenvalue weighted by Crippen LogP contribution is 2.38. The van der Waals surface area contributed by atoms with Crippen molar-refractivity contribution in [1.82, 2.24) is 4.57 Å². The van der Waals surface area contributed by atoms with Gasteiger partial charge in [0.1, 0.15) is 0 Å². The van der Waals surface area contributed by atoms with Crippen LogP contribution in [0.3, 0.4) is 0 Å². The molecule has 0 amide bonds. The molecule has 0 bridgehead atoms. The largest absolute Gasteiger partial charge is 0.302 e. The van der Waals surface area contributed by atoms with Gasteiger partial charge in [-0.1, -0.05) is 91.0 Å². The van der Waals surface area contributed by atoms with Crippen molar-refractivity contribution >= 4 is 43.4 Å². The third-order valence-electron chi connectivity index (χ3n) is 6.58. The number of hydrogen-bond acceptors (Lipinski definition) is 0. The van der Waals surface area contributed by atoms with Gasteiger partial charge in [-0.15, -0.1) is 0 Å². The fourth-order valence-corrected chi connectivity index (χ4v) is 5.04. The fourth-order valence-electron chi connectivity index (χ4n) is 5.04. The van der Waals surface area contributed by atoms with E-state index < -0.39 is 0 Å². The Kier molecular flexibility index (Phi) is 3.83. The van der Waals surface area contributed by atoms with Gasteiger partial charge >= 0.3 is 0 Å². The number of aromatic nitrogens is 1. The summed E-state index contributed by atoms with van der Waals surface area (Å²) in [6.45, 7) is 0. The summed E-state index contributed by atoms with van der Waals surface area (Å²) in [5, 5.41) is 7.32. The molecule has 1 nitrogen and oxygen atoms in total. The zero-order valence-corrected chi connectivity index (χ0v) is 17.9. The van der Waals surface area contributed by atoms with Gasteiger partial charge in [-0.25, -0.2) is 0 Å². The lowest BCUT2D eigenvalue weighted by Crippen LogP contribution is -1.92. The van der Waals surface area contributed by atoms with Crippen molar-refractivity contribution in [3.05, 3.63) is 127 Å². The second kappa shape index (κ2) is 6.99. The molecular formula is C32H19N. The molecule has 7 rings (SSSR count). The van der Waals surface area contributed by atoms with Gasteiger partial charge in [0, 0.05) is 16.2 Å². The topological polar surface area (TPSA) is 4.93 Å². The Bertz CT molecular complexity index is 1810. The third kappa shape index (κ3) is 2.75. The monoisotopic (exact) mass is 417 g/mol. The second-order valence-electron chi connectivity index (χ2n) is 8.48. The summed E-state index contributed by atoms with van der Waals surface area (Å²) in [5.41, 5.74) is 5.87. The minimum atomic E-state index is 1.01. The summed E-state index contributed by atoms with van der Waals surface area (Å²) in [5.74, 6) is 0. The molecule has 1 heterocycles. The van der Waals surface area contributed by atoms with Gasteiger partial charge in [-0.3, -0.25) is 0 Å². The van der Waals surface area contributed by atoms with Crippen LogP contribution in [0.2, 0.25) is 0 Å². The maximum absolute atomic E-state index is 3.41. The quantitative estimate of drug-likeness (QED) is 0.266. The molecule has 0 saturated heterocycles. The lowest BCUT2D eigenvalue weighted by molar-refractivity contribution is 1.19. The molecule has 1 aromatic heterocycles. The van der Waals surface area contributed by atoms with E-state index in [-0.39, 0.29) is 0 Å². The van der Waals surface area contributed by atoms with E-state index >= 15 is 0 Å². The highest BCUT2D eigenvalue weighted by Gasteiger charge is 2.15. The molecule has 0 unspecified atom stereocenters. The van der Waals surface area contributed by atoms with Crippen molar-refractivity contribution in [2.45, 2.75) is 0 Å². The Morgan fingerprint density at radius 3 is 2.24 bits per heavy atom. The fraction of sp³-hybridized carbons (Fsp3) is 0. The van der Waals surface area contributed by atoms with Crippen molar-refractivity contribution in [2.75, 3.05) is 0 Å². The first-order chi connectivity index (χ1) is 16.4. The molecule has 0 N–H and O–H groups in total. The van der Waals surface area contributed by atoms with Gasteiger partial charge in [0.05, 0.1) is 16.7 Å². The lowest BCUT2D eigenvalue weighted by Gasteiger charge is -2.08. The molecule has 152 valence electrons. The zero-order chi connectivity index (χ0) is 21.8. The summed E-state index contributed by atoms with van der Waals surface area (Å²) < 4.78 is 2.32. The highest BCUT2D eigenvalue weighted by molar-refractivity contribution is 6.21. The van der Waals surface area contributed by atoms with Gasteiger partial charge < -0.3 is 4.57 Å². The lowest BCUT2D eigenvalue weighted by atomic mass is 9.98. The van der Waals surface area contributed by atoms with Crippen LogP contribution in [-0.2, 0) is 0 Å². The van der Waals surface area contributed by atoms with Gasteiger partial charge in [0.15, 0.2) is 0 Å². The Balaban J connectivity index is 1.54. The number of fused-ring (bicyclic) bond motifs is 6. The predicted octanol–water partition coefficient (Wildman–Crippen LogP) is 8.36. The van der Waals surface area contributed by atoms with E-state index in [0.29, 0.717) is 0 Å². The zero-order valence-electron chi connectivity index (χ0n) is 17.9. The molecular weight excluding hydrogens is 398 g/mol. The molecule has 7 aromatic rings. The summed E-state index contributed by atoms with van der Waals surface area (Å²) in [4.78, 5) is 0. The number of rotatable bonds is 2. The molecule has 0 fully saturated rings. The van der Waals surface area contributed by atoms with E-state index in [1.54, 1.807) is 0 Å². The van der Waals surface area contributed by atoms with Crippen molar-refractivity contribution in [2.24, 2.45) is 0 Å². The van der Waals surface area contributed by atoms with Crippen LogP contribution in [0, 0.1) is 12.1 Å². The number of nitrogens with zero attached hydrogens (tertiary/aromatic N) is 1. The summed E-state index contributed by atoms with van der Waals surface area (Å²) in [6, 6.07) is 47.8. The molecule has 0 atom stereocenters. The molecule has 0 aliphatic carbocycles. The highest BCUT2D eigenvalue weighted by atomic mass is 15.0. The molecule has 0 aliphatic rings. The minimum Gasteiger partial charge on any atom is -0.302 e. The average molecular weight is 418 g/mol. The molecule has 0 spiro atoms. The Labute approximate surface area is 192 Å². The van der Waals surface area contributed by atoms with Crippen molar-refractivity contribution in [3.63, 3.8) is 0 Å². The first kappa shape index (κ1) is 18.1. The van der Waals surface area contributed by atoms with Crippen LogP contribution >= 0.6 is 0 Å². The smallest absolute Gasteiger partial charge is 0.0980 e. The van der Waals surface area contributed by atoms with E-state index in [0.717, 1.165) is 11.1 Å². The van der Waals surface area contributed by atoms with Crippen molar-refractivity contribution in [1.29, 1.82) is 0 Å². The standard InChI is InChI=1S/C32H19N/c1-2-8-22(9-3-1)25-15-18-28-26(20-25)16-19-31-32(28)29-12-6-7-13-30(29)33(31)27-17-14-23-10-4-5-11-24(23)21-27/h1-13,15-16,18-21H. The summed E-state index contributed by atoms with van der Waals surface area (Å²) >= 11 is 0. The normalized spacial score (nSPS) is 11.4. The first-order valence-electron chi connectivity index (χ1n) is 11.2. The molecule has 33 heavy (non-hydrogen) atoms. The van der Waals surface area contributed by atoms with Crippen LogP contribution in [0.15, 0.2) is 115 Å². The number of hydrogen-bond donors (Lipinski definition) is 0. The van der Waals surface area contributed by atoms with Crippen molar-refractivity contribution in [3.8, 4) is 16.8 Å². The molecule has 0 saturated carbocycles. The van der Waals surface area contributed by atoms with Crippen LogP contribution in [0.1, 0.15) is 0 Å². The number of para-hydroxylation sites is 1. The Hall–Kier alpha value is -4.54. The summed E-state index contributed by atoms with van der Waals surface area (Å²) in [7, 11) is 0. The Morgan fingerprint density at radius 2 is 1.30 bits per heavy atom. The van der Waals surface area contributed by atoms with E-state index in [4.69, 9.17) is 0 Å². The molecule has 1 heteroatoms. The van der Waals surface area contributed by atoms with Gasteiger partial charge in [-0.05, 0) is 63.7 Å². The van der Waals surface area contributed by atoms with Gasteiger partial charge in [0.2, 0.25) is 0 Å². The van der Waals surface area contributed by atoms with Gasteiger partial charge in [-0.2, -0.15) is 0 Å². The van der Waals surface area contributed by atoms with Crippen LogP contribution in [-0.4, -0.2) is 4.57 Å². The van der Waals surface area contributed by atoms with Crippen LogP contribution < -0.4 is 0 Å². The van der Waals surface area contributed by atoms with E-state index in [1.807, 2.05) is 6.07 Å². The maximum atomic E-state index is 3.41. The second-order valence-corrected chi connectivity index (χ2v) is 8.48. The predicted molar refractivity (Wildman–Crippen MR) is 139 cm³/mol. The van der Waals surface area contributed by atoms with Crippen molar-refractivity contribution < 1.29 is 0 Å². The third-order valence-corrected chi connectivity index (χ3v) is 6.58. The summed E-state index contributed by atoms with van der Waals surface area (Å²) in [6.07, 6.45) is 0. The first-order valence-corrected chi connectivity index (χ1v) is 11.2. The van der Waals surface area contributed by atoms with E-state index in [1.165, 1.54) is 49.1 Å². The number of benzene rings is 5. The Morgan fingerprint density at radius 1 is 0.485 bits per heavy atom. The molecule has 6 aromatic carbocycles. The average Bonchev–Trinajstić information content (AvgIpc) is 3.23. The SMILES string of the molecule is c1c(-n2c3ccccc3c3c4ccc(-c5ccccc5)cc4ccc32)cc2ccccc2c#1. The van der Waals surface area contributed by atoms with Crippen LogP contribution in [0.25, 0.3) is 60.2 Å². The van der Waals surface area contributed by atoms with E-state index in [2.05, 4.69) is 126 Å². The molecule has 0 radical (unpaired) electrons. The molecule has 0 aliphatic heterocycles. The van der Waals surface area contributed by atoms with Gasteiger partial charge in [0.25, 0.3) is 0 Å². The van der Waals surface area contributed by atoms with Crippen LogP contribution in [0.4, 0.5) is 0 Å². The minimum absolute atomic E-state index is 1.01. The maximum Gasteiger partial charge on any atom is 0.0980 e.